The van der Waals surface area contributed by atoms with Crippen LogP contribution >= 0.6 is 11.8 Å². The molecule has 1 aromatic carbocycles. The fourth-order valence-electron chi connectivity index (χ4n) is 2.04. The molecule has 1 fully saturated rings. The summed E-state index contributed by atoms with van der Waals surface area (Å²) in [5.74, 6) is -1.01. The van der Waals surface area contributed by atoms with Gasteiger partial charge in [0.05, 0.1) is 12.4 Å². The molecule has 0 aliphatic carbocycles. The molecule has 2 N–H and O–H groups in total. The van der Waals surface area contributed by atoms with Crippen molar-refractivity contribution < 1.29 is 19.5 Å². The number of aryl methyl sites for hydroxylation is 1. The van der Waals surface area contributed by atoms with E-state index in [2.05, 4.69) is 5.32 Å². The monoisotopic (exact) mass is 308 g/mol. The van der Waals surface area contributed by atoms with Crippen molar-refractivity contribution in [1.82, 2.24) is 10.2 Å². The Balaban J connectivity index is 1.92. The Labute approximate surface area is 126 Å². The molecular formula is C14H16N2O4S. The number of carboxylic acids is 1. The molecular weight excluding hydrogens is 292 g/mol. The summed E-state index contributed by atoms with van der Waals surface area (Å²) in [6, 6.07) is 6.23. The number of carbonyl (C=O) groups excluding carboxylic acids is 2. The summed E-state index contributed by atoms with van der Waals surface area (Å²) < 4.78 is 0. The first-order chi connectivity index (χ1) is 9.99. The van der Waals surface area contributed by atoms with Crippen LogP contribution in [0.4, 0.5) is 0 Å². The molecule has 1 aliphatic rings. The fourth-order valence-corrected chi connectivity index (χ4v) is 3.21. The standard InChI is InChI=1S/C14H16N2O4S/c1-9-3-2-4-10(5-9)13(18)15-6-12(17)16-8-21-7-11(16)14(19)20/h2-5,11H,6-8H2,1H3,(H,15,18)(H,19,20)/t11-/m0/s1. The van der Waals surface area contributed by atoms with E-state index in [-0.39, 0.29) is 18.4 Å². The average Bonchev–Trinajstić information content (AvgIpc) is 2.94. The maximum atomic E-state index is 12.0. The molecule has 6 nitrogen and oxygen atoms in total. The highest BCUT2D eigenvalue weighted by molar-refractivity contribution is 7.99. The summed E-state index contributed by atoms with van der Waals surface area (Å²) in [5, 5.41) is 11.6. The van der Waals surface area contributed by atoms with Crippen LogP contribution in [0.3, 0.4) is 0 Å². The number of carboxylic acid groups (broad SMARTS) is 1. The number of nitrogens with zero attached hydrogens (tertiary/aromatic N) is 1. The maximum Gasteiger partial charge on any atom is 0.327 e. The number of amides is 2. The van der Waals surface area contributed by atoms with Crippen LogP contribution in [0.15, 0.2) is 24.3 Å². The van der Waals surface area contributed by atoms with Gasteiger partial charge in [-0.3, -0.25) is 9.59 Å². The van der Waals surface area contributed by atoms with E-state index >= 15 is 0 Å². The number of aliphatic carboxylic acids is 1. The molecule has 1 atom stereocenters. The highest BCUT2D eigenvalue weighted by Crippen LogP contribution is 2.20. The van der Waals surface area contributed by atoms with Gasteiger partial charge < -0.3 is 15.3 Å². The van der Waals surface area contributed by atoms with Crippen molar-refractivity contribution in [3.63, 3.8) is 0 Å². The first kappa shape index (κ1) is 15.4. The Hall–Kier alpha value is -2.02. The van der Waals surface area contributed by atoms with E-state index in [4.69, 9.17) is 5.11 Å². The molecule has 7 heteroatoms. The van der Waals surface area contributed by atoms with Crippen molar-refractivity contribution in [2.24, 2.45) is 0 Å². The molecule has 1 aliphatic heterocycles. The summed E-state index contributed by atoms with van der Waals surface area (Å²) >= 11 is 1.39. The van der Waals surface area contributed by atoms with Gasteiger partial charge in [0, 0.05) is 11.3 Å². The van der Waals surface area contributed by atoms with Crippen molar-refractivity contribution in [2.75, 3.05) is 18.2 Å². The summed E-state index contributed by atoms with van der Waals surface area (Å²) in [6.07, 6.45) is 0. The molecule has 0 aromatic heterocycles. The molecule has 1 saturated heterocycles. The summed E-state index contributed by atoms with van der Waals surface area (Å²) in [5.41, 5.74) is 1.43. The quantitative estimate of drug-likeness (QED) is 0.855. The topological polar surface area (TPSA) is 86.7 Å². The predicted molar refractivity (Wildman–Crippen MR) is 79.1 cm³/mol. The third-order valence-corrected chi connectivity index (χ3v) is 4.18. The lowest BCUT2D eigenvalue weighted by Gasteiger charge is -2.20. The van der Waals surface area contributed by atoms with Gasteiger partial charge in [0.1, 0.15) is 6.04 Å². The van der Waals surface area contributed by atoms with Crippen LogP contribution in [0.5, 0.6) is 0 Å². The molecule has 2 amide bonds. The van der Waals surface area contributed by atoms with E-state index in [1.807, 2.05) is 13.0 Å². The van der Waals surface area contributed by atoms with Crippen LogP contribution in [-0.4, -0.2) is 52.0 Å². The number of hydrogen-bond acceptors (Lipinski definition) is 4. The van der Waals surface area contributed by atoms with Gasteiger partial charge in [-0.15, -0.1) is 11.8 Å². The molecule has 0 bridgehead atoms. The van der Waals surface area contributed by atoms with E-state index in [0.29, 0.717) is 17.2 Å². The molecule has 0 spiro atoms. The third kappa shape index (κ3) is 3.75. The minimum absolute atomic E-state index is 0.197. The van der Waals surface area contributed by atoms with E-state index in [1.54, 1.807) is 18.2 Å². The lowest BCUT2D eigenvalue weighted by atomic mass is 10.1. The van der Waals surface area contributed by atoms with Gasteiger partial charge >= 0.3 is 5.97 Å². The molecule has 21 heavy (non-hydrogen) atoms. The highest BCUT2D eigenvalue weighted by atomic mass is 32.2. The van der Waals surface area contributed by atoms with Crippen molar-refractivity contribution in [2.45, 2.75) is 13.0 Å². The minimum Gasteiger partial charge on any atom is -0.480 e. The summed E-state index contributed by atoms with van der Waals surface area (Å²) in [6.45, 7) is 1.68. The lowest BCUT2D eigenvalue weighted by molar-refractivity contribution is -0.147. The number of rotatable bonds is 4. The predicted octanol–water partition coefficient (Wildman–Crippen LogP) is 0.711. The first-order valence-corrected chi connectivity index (χ1v) is 7.59. The third-order valence-electron chi connectivity index (χ3n) is 3.17. The molecule has 0 radical (unpaired) electrons. The van der Waals surface area contributed by atoms with Gasteiger partial charge in [-0.1, -0.05) is 17.7 Å². The summed E-state index contributed by atoms with van der Waals surface area (Å²) in [4.78, 5) is 36.2. The van der Waals surface area contributed by atoms with Gasteiger partial charge in [-0.25, -0.2) is 4.79 Å². The number of carbonyl (C=O) groups is 3. The molecule has 0 unspecified atom stereocenters. The van der Waals surface area contributed by atoms with Crippen molar-refractivity contribution in [3.05, 3.63) is 35.4 Å². The highest BCUT2D eigenvalue weighted by Gasteiger charge is 2.34. The second-order valence-electron chi connectivity index (χ2n) is 4.77. The Bertz CT molecular complexity index is 576. The molecule has 1 heterocycles. The normalized spacial score (nSPS) is 17.6. The fraction of sp³-hybridized carbons (Fsp3) is 0.357. The number of benzene rings is 1. The number of nitrogens with one attached hydrogen (secondary N) is 1. The Morgan fingerprint density at radius 2 is 2.19 bits per heavy atom. The van der Waals surface area contributed by atoms with Gasteiger partial charge in [0.2, 0.25) is 5.91 Å². The maximum absolute atomic E-state index is 12.0. The van der Waals surface area contributed by atoms with Gasteiger partial charge in [-0.2, -0.15) is 0 Å². The van der Waals surface area contributed by atoms with Crippen LogP contribution in [-0.2, 0) is 9.59 Å². The smallest absolute Gasteiger partial charge is 0.327 e. The molecule has 112 valence electrons. The average molecular weight is 308 g/mol. The Kier molecular flexibility index (Phi) is 4.85. The van der Waals surface area contributed by atoms with Crippen LogP contribution < -0.4 is 5.32 Å². The van der Waals surface area contributed by atoms with E-state index in [0.717, 1.165) is 5.56 Å². The molecule has 1 aromatic rings. The molecule has 2 rings (SSSR count). The van der Waals surface area contributed by atoms with E-state index in [1.165, 1.54) is 16.7 Å². The first-order valence-electron chi connectivity index (χ1n) is 6.44. The zero-order valence-electron chi connectivity index (χ0n) is 11.5. The van der Waals surface area contributed by atoms with Gasteiger partial charge in [-0.05, 0) is 19.1 Å². The van der Waals surface area contributed by atoms with Crippen LogP contribution in [0.2, 0.25) is 0 Å². The zero-order chi connectivity index (χ0) is 15.4. The SMILES string of the molecule is Cc1cccc(C(=O)NCC(=O)N2CSC[C@H]2C(=O)O)c1. The van der Waals surface area contributed by atoms with Crippen molar-refractivity contribution in [1.29, 1.82) is 0 Å². The number of thioether (sulfide) groups is 1. The van der Waals surface area contributed by atoms with E-state index < -0.39 is 12.0 Å². The van der Waals surface area contributed by atoms with Crippen LogP contribution in [0.1, 0.15) is 15.9 Å². The lowest BCUT2D eigenvalue weighted by Crippen LogP contribution is -2.46. The van der Waals surface area contributed by atoms with Crippen molar-refractivity contribution in [3.8, 4) is 0 Å². The second-order valence-corrected chi connectivity index (χ2v) is 5.77. The zero-order valence-corrected chi connectivity index (χ0v) is 12.4. The van der Waals surface area contributed by atoms with Crippen molar-refractivity contribution >= 4 is 29.5 Å². The Morgan fingerprint density at radius 3 is 2.86 bits per heavy atom. The minimum atomic E-state index is -1.02. The molecule has 0 saturated carbocycles. The largest absolute Gasteiger partial charge is 0.480 e. The number of hydrogen-bond donors (Lipinski definition) is 2. The summed E-state index contributed by atoms with van der Waals surface area (Å²) in [7, 11) is 0. The van der Waals surface area contributed by atoms with Crippen LogP contribution in [0, 0.1) is 6.92 Å². The second kappa shape index (κ2) is 6.62. The van der Waals surface area contributed by atoms with Gasteiger partial charge in [0.15, 0.2) is 0 Å². The van der Waals surface area contributed by atoms with Crippen LogP contribution in [0.25, 0.3) is 0 Å². The van der Waals surface area contributed by atoms with E-state index in [9.17, 15) is 14.4 Å². The van der Waals surface area contributed by atoms with Gasteiger partial charge in [0.25, 0.3) is 5.91 Å². The Morgan fingerprint density at radius 1 is 1.43 bits per heavy atom.